The van der Waals surface area contributed by atoms with Crippen LogP contribution in [0.4, 0.5) is 0 Å². The first-order chi connectivity index (χ1) is 9.60. The van der Waals surface area contributed by atoms with E-state index in [9.17, 15) is 14.4 Å². The lowest BCUT2D eigenvalue weighted by atomic mass is 10.3. The molecule has 0 N–H and O–H groups in total. The van der Waals surface area contributed by atoms with Gasteiger partial charge in [-0.1, -0.05) is 0 Å². The Kier molecular flexibility index (Phi) is 4.19. The number of nitrogens with zero attached hydrogens (tertiary/aromatic N) is 1. The van der Waals surface area contributed by atoms with Crippen LogP contribution in [-0.4, -0.2) is 36.6 Å². The van der Waals surface area contributed by atoms with E-state index in [0.29, 0.717) is 16.6 Å². The minimum absolute atomic E-state index is 0.0610. The first-order valence-corrected chi connectivity index (χ1v) is 5.93. The molecule has 106 valence electrons. The van der Waals surface area contributed by atoms with Crippen LogP contribution in [0, 0.1) is 0 Å². The van der Waals surface area contributed by atoms with Gasteiger partial charge in [-0.15, -0.1) is 5.06 Å². The Balaban J connectivity index is 1.82. The second kappa shape index (κ2) is 6.05. The third kappa shape index (κ3) is 3.25. The van der Waals surface area contributed by atoms with Crippen molar-refractivity contribution < 1.29 is 28.7 Å². The smallest absolute Gasteiger partial charge is 0.370 e. The molecule has 1 fully saturated rings. The van der Waals surface area contributed by atoms with Gasteiger partial charge in [0.1, 0.15) is 11.5 Å². The molecule has 7 nitrogen and oxygen atoms in total. The normalized spacial score (nSPS) is 14.3. The molecule has 0 aliphatic carbocycles. The third-order valence-electron chi connectivity index (χ3n) is 2.61. The van der Waals surface area contributed by atoms with Gasteiger partial charge in [0.15, 0.2) is 6.61 Å². The zero-order valence-corrected chi connectivity index (χ0v) is 10.8. The van der Waals surface area contributed by atoms with E-state index in [1.54, 1.807) is 24.3 Å². The molecule has 0 unspecified atom stereocenters. The fourth-order valence-corrected chi connectivity index (χ4v) is 1.60. The number of amides is 2. The van der Waals surface area contributed by atoms with Crippen molar-refractivity contribution in [3.63, 3.8) is 0 Å². The van der Waals surface area contributed by atoms with Gasteiger partial charge >= 0.3 is 5.97 Å². The van der Waals surface area contributed by atoms with Crippen LogP contribution in [0.25, 0.3) is 0 Å². The van der Waals surface area contributed by atoms with E-state index in [1.165, 1.54) is 7.11 Å². The molecule has 0 atom stereocenters. The van der Waals surface area contributed by atoms with Crippen LogP contribution in [-0.2, 0) is 19.2 Å². The van der Waals surface area contributed by atoms with E-state index in [0.717, 1.165) is 0 Å². The van der Waals surface area contributed by atoms with Crippen LogP contribution in [0.3, 0.4) is 0 Å². The van der Waals surface area contributed by atoms with E-state index >= 15 is 0 Å². The Bertz CT molecular complexity index is 508. The number of ether oxygens (including phenoxy) is 2. The molecule has 0 radical (unpaired) electrons. The highest BCUT2D eigenvalue weighted by Crippen LogP contribution is 2.17. The number of benzene rings is 1. The van der Waals surface area contributed by atoms with Crippen LogP contribution >= 0.6 is 0 Å². The molecule has 1 saturated heterocycles. The van der Waals surface area contributed by atoms with Gasteiger partial charge in [-0.05, 0) is 24.3 Å². The molecule has 0 saturated carbocycles. The molecule has 1 aliphatic rings. The van der Waals surface area contributed by atoms with Crippen molar-refractivity contribution in [2.24, 2.45) is 0 Å². The second-order valence-electron chi connectivity index (χ2n) is 4.01. The summed E-state index contributed by atoms with van der Waals surface area (Å²) in [5, 5.41) is 0.486. The van der Waals surface area contributed by atoms with E-state index in [1.807, 2.05) is 0 Å². The van der Waals surface area contributed by atoms with Gasteiger partial charge in [0.05, 0.1) is 7.11 Å². The average molecular weight is 279 g/mol. The highest BCUT2D eigenvalue weighted by atomic mass is 16.7. The highest BCUT2D eigenvalue weighted by molar-refractivity contribution is 6.01. The van der Waals surface area contributed by atoms with Crippen molar-refractivity contribution >= 4 is 17.8 Å². The SMILES string of the molecule is COc1ccc(OCC(=O)ON2C(=O)CCC2=O)cc1. The summed E-state index contributed by atoms with van der Waals surface area (Å²) in [6.07, 6.45) is 0.122. The Labute approximate surface area is 115 Å². The summed E-state index contributed by atoms with van der Waals surface area (Å²) in [6, 6.07) is 6.60. The predicted molar refractivity (Wildman–Crippen MR) is 65.7 cm³/mol. The summed E-state index contributed by atoms with van der Waals surface area (Å²) in [6.45, 7) is -0.399. The predicted octanol–water partition coefficient (Wildman–Crippen LogP) is 0.681. The number of hydroxylamine groups is 2. The fraction of sp³-hybridized carbons (Fsp3) is 0.308. The Morgan fingerprint density at radius 2 is 1.65 bits per heavy atom. The monoisotopic (exact) mass is 279 g/mol. The maximum Gasteiger partial charge on any atom is 0.370 e. The van der Waals surface area contributed by atoms with Gasteiger partial charge < -0.3 is 14.3 Å². The summed E-state index contributed by atoms with van der Waals surface area (Å²) in [4.78, 5) is 38.6. The van der Waals surface area contributed by atoms with Gasteiger partial charge in [-0.25, -0.2) is 4.79 Å². The van der Waals surface area contributed by atoms with Gasteiger partial charge in [-0.2, -0.15) is 0 Å². The van der Waals surface area contributed by atoms with E-state index in [2.05, 4.69) is 4.84 Å². The lowest BCUT2D eigenvalue weighted by molar-refractivity contribution is -0.198. The number of carbonyl (C=O) groups is 3. The zero-order chi connectivity index (χ0) is 14.5. The maximum atomic E-state index is 11.5. The Morgan fingerprint density at radius 3 is 2.20 bits per heavy atom. The fourth-order valence-electron chi connectivity index (χ4n) is 1.60. The Morgan fingerprint density at radius 1 is 1.10 bits per heavy atom. The lowest BCUT2D eigenvalue weighted by Crippen LogP contribution is -2.33. The molecule has 2 rings (SSSR count). The van der Waals surface area contributed by atoms with Gasteiger partial charge in [0.2, 0.25) is 0 Å². The van der Waals surface area contributed by atoms with Crippen molar-refractivity contribution in [2.75, 3.05) is 13.7 Å². The summed E-state index contributed by atoms with van der Waals surface area (Å²) in [5.74, 6) is -0.750. The van der Waals surface area contributed by atoms with Crippen molar-refractivity contribution in [2.45, 2.75) is 12.8 Å². The summed E-state index contributed by atoms with van der Waals surface area (Å²) >= 11 is 0. The number of methoxy groups -OCH3 is 1. The first kappa shape index (κ1) is 13.9. The molecule has 2 amide bonds. The average Bonchev–Trinajstić information content (AvgIpc) is 2.77. The molecule has 20 heavy (non-hydrogen) atoms. The number of imide groups is 1. The second-order valence-corrected chi connectivity index (χ2v) is 4.01. The largest absolute Gasteiger partial charge is 0.497 e. The van der Waals surface area contributed by atoms with Gasteiger partial charge in [-0.3, -0.25) is 9.59 Å². The van der Waals surface area contributed by atoms with Crippen LogP contribution in [0.15, 0.2) is 24.3 Å². The Hall–Kier alpha value is -2.57. The number of hydrogen-bond donors (Lipinski definition) is 0. The van der Waals surface area contributed by atoms with Crippen LogP contribution in [0.1, 0.15) is 12.8 Å². The van der Waals surface area contributed by atoms with Gasteiger partial charge in [0.25, 0.3) is 11.8 Å². The summed E-state index contributed by atoms with van der Waals surface area (Å²) < 4.78 is 10.1. The van der Waals surface area contributed by atoms with E-state index in [4.69, 9.17) is 9.47 Å². The van der Waals surface area contributed by atoms with Crippen molar-refractivity contribution in [1.82, 2.24) is 5.06 Å². The minimum Gasteiger partial charge on any atom is -0.497 e. The zero-order valence-electron chi connectivity index (χ0n) is 10.8. The van der Waals surface area contributed by atoms with Crippen molar-refractivity contribution in [3.8, 4) is 11.5 Å². The first-order valence-electron chi connectivity index (χ1n) is 5.93. The standard InChI is InChI=1S/C13H13NO6/c1-18-9-2-4-10(5-3-9)19-8-13(17)20-14-11(15)6-7-12(14)16/h2-5H,6-8H2,1H3. The molecule has 1 heterocycles. The van der Waals surface area contributed by atoms with Crippen molar-refractivity contribution in [1.29, 1.82) is 0 Å². The molecular formula is C13H13NO6. The maximum absolute atomic E-state index is 11.5. The lowest BCUT2D eigenvalue weighted by Gasteiger charge is -2.13. The molecule has 1 aliphatic heterocycles. The molecular weight excluding hydrogens is 266 g/mol. The summed E-state index contributed by atoms with van der Waals surface area (Å²) in [5.41, 5.74) is 0. The number of rotatable bonds is 5. The minimum atomic E-state index is -0.815. The van der Waals surface area contributed by atoms with Gasteiger partial charge in [0, 0.05) is 12.8 Å². The quantitative estimate of drug-likeness (QED) is 0.737. The molecule has 0 spiro atoms. The number of hydrogen-bond acceptors (Lipinski definition) is 6. The molecule has 1 aromatic carbocycles. The molecule has 7 heteroatoms. The highest BCUT2D eigenvalue weighted by Gasteiger charge is 2.32. The molecule has 0 aromatic heterocycles. The third-order valence-corrected chi connectivity index (χ3v) is 2.61. The molecule has 1 aromatic rings. The summed E-state index contributed by atoms with van der Waals surface area (Å²) in [7, 11) is 1.54. The van der Waals surface area contributed by atoms with E-state index in [-0.39, 0.29) is 12.8 Å². The number of carbonyl (C=O) groups excluding carboxylic acids is 3. The topological polar surface area (TPSA) is 82.1 Å². The van der Waals surface area contributed by atoms with Crippen LogP contribution in [0.2, 0.25) is 0 Å². The van der Waals surface area contributed by atoms with Crippen molar-refractivity contribution in [3.05, 3.63) is 24.3 Å². The molecule has 0 bridgehead atoms. The van der Waals surface area contributed by atoms with Crippen LogP contribution < -0.4 is 9.47 Å². The van der Waals surface area contributed by atoms with Crippen LogP contribution in [0.5, 0.6) is 11.5 Å². The van der Waals surface area contributed by atoms with E-state index < -0.39 is 24.4 Å².